The van der Waals surface area contributed by atoms with E-state index in [1.807, 2.05) is 13.0 Å². The molecule has 7 heteroatoms. The van der Waals surface area contributed by atoms with Gasteiger partial charge in [-0.05, 0) is 25.1 Å². The molecule has 1 fully saturated rings. The van der Waals surface area contributed by atoms with Gasteiger partial charge in [-0.1, -0.05) is 11.6 Å². The maximum atomic E-state index is 11.4. The number of hydrogen-bond donors (Lipinski definition) is 1. The van der Waals surface area contributed by atoms with Crippen LogP contribution >= 0.6 is 11.6 Å². The van der Waals surface area contributed by atoms with Gasteiger partial charge in [0.1, 0.15) is 20.7 Å². The Bertz CT molecular complexity index is 838. The third-order valence-electron chi connectivity index (χ3n) is 4.25. The number of hydrogen-bond acceptors (Lipinski definition) is 5. The molecule has 0 bridgehead atoms. The summed E-state index contributed by atoms with van der Waals surface area (Å²) >= 11 is 5.89. The Kier molecular flexibility index (Phi) is 3.69. The van der Waals surface area contributed by atoms with E-state index < -0.39 is 9.84 Å². The first-order valence-corrected chi connectivity index (χ1v) is 9.42. The third-order valence-corrected chi connectivity index (χ3v) is 5.49. The molecular formula is C15H17ClN2O3S. The van der Waals surface area contributed by atoms with Crippen LogP contribution in [0, 0.1) is 5.92 Å². The lowest BCUT2D eigenvalue weighted by molar-refractivity contribution is 0.342. The number of anilines is 1. The summed E-state index contributed by atoms with van der Waals surface area (Å²) in [6, 6.07) is 5.22. The van der Waals surface area contributed by atoms with Crippen LogP contribution in [0.2, 0.25) is 5.15 Å². The van der Waals surface area contributed by atoms with Crippen LogP contribution in [-0.4, -0.2) is 43.1 Å². The van der Waals surface area contributed by atoms with Crippen LogP contribution in [-0.2, 0) is 9.84 Å². The van der Waals surface area contributed by atoms with Crippen molar-refractivity contribution in [2.45, 2.75) is 13.0 Å². The Morgan fingerprint density at radius 1 is 1.41 bits per heavy atom. The van der Waals surface area contributed by atoms with Gasteiger partial charge in [-0.2, -0.15) is 0 Å². The van der Waals surface area contributed by atoms with Gasteiger partial charge in [0.15, 0.2) is 0 Å². The molecule has 118 valence electrons. The fourth-order valence-corrected chi connectivity index (χ4v) is 4.34. The average Bonchev–Trinajstić information content (AvgIpc) is 2.43. The van der Waals surface area contributed by atoms with Gasteiger partial charge >= 0.3 is 0 Å². The highest BCUT2D eigenvalue weighted by Gasteiger charge is 2.38. The molecule has 22 heavy (non-hydrogen) atoms. The van der Waals surface area contributed by atoms with Gasteiger partial charge in [-0.3, -0.25) is 0 Å². The Labute approximate surface area is 134 Å². The summed E-state index contributed by atoms with van der Waals surface area (Å²) < 4.78 is 22.9. The minimum Gasteiger partial charge on any atom is -0.507 e. The third kappa shape index (κ3) is 2.73. The average molecular weight is 341 g/mol. The maximum Gasteiger partial charge on any atom is 0.147 e. The molecule has 3 rings (SSSR count). The molecule has 1 saturated heterocycles. The second-order valence-corrected chi connectivity index (χ2v) is 8.47. The maximum absolute atomic E-state index is 11.4. The van der Waals surface area contributed by atoms with E-state index in [4.69, 9.17) is 11.6 Å². The van der Waals surface area contributed by atoms with E-state index in [2.05, 4.69) is 9.88 Å². The first-order valence-electron chi connectivity index (χ1n) is 6.98. The van der Waals surface area contributed by atoms with Crippen molar-refractivity contribution in [3.8, 4) is 5.75 Å². The molecule has 1 aliphatic rings. The second kappa shape index (κ2) is 5.28. The highest BCUT2D eigenvalue weighted by atomic mass is 35.5. The smallest absolute Gasteiger partial charge is 0.147 e. The molecule has 1 aromatic carbocycles. The van der Waals surface area contributed by atoms with Crippen LogP contribution in [0.3, 0.4) is 0 Å². The number of rotatable bonds is 3. The summed E-state index contributed by atoms with van der Waals surface area (Å²) in [4.78, 5) is 6.22. The first-order chi connectivity index (χ1) is 10.3. The van der Waals surface area contributed by atoms with Gasteiger partial charge in [0.2, 0.25) is 0 Å². The molecule has 0 aliphatic carbocycles. The molecule has 1 aliphatic heterocycles. The molecule has 1 N–H and O–H groups in total. The number of benzene rings is 1. The Morgan fingerprint density at radius 3 is 2.77 bits per heavy atom. The molecule has 2 heterocycles. The standard InChI is InChI=1S/C15H17ClN2O3S/c1-9-10(8-22(2,20)21)7-18(9)13-3-4-14(19)11-5-15(16)17-6-12(11)13/h3-6,9-10,19H,7-8H2,1-2H3/t9-,10-/m0/s1. The molecule has 5 nitrogen and oxygen atoms in total. The zero-order valence-electron chi connectivity index (χ0n) is 12.3. The van der Waals surface area contributed by atoms with Crippen molar-refractivity contribution in [1.82, 2.24) is 4.98 Å². The summed E-state index contributed by atoms with van der Waals surface area (Å²) in [5.41, 5.74) is 0.939. The number of phenols is 1. The van der Waals surface area contributed by atoms with Gasteiger partial charge < -0.3 is 10.0 Å². The summed E-state index contributed by atoms with van der Waals surface area (Å²) in [7, 11) is -2.97. The number of fused-ring (bicyclic) bond motifs is 1. The molecule has 2 aromatic rings. The van der Waals surface area contributed by atoms with Gasteiger partial charge in [0.05, 0.1) is 5.75 Å². The predicted molar refractivity (Wildman–Crippen MR) is 88.4 cm³/mol. The van der Waals surface area contributed by atoms with Crippen molar-refractivity contribution >= 4 is 37.9 Å². The van der Waals surface area contributed by atoms with Crippen molar-refractivity contribution in [2.75, 3.05) is 23.5 Å². The highest BCUT2D eigenvalue weighted by Crippen LogP contribution is 2.39. The Hall–Kier alpha value is -1.53. The summed E-state index contributed by atoms with van der Waals surface area (Å²) in [6.07, 6.45) is 2.91. The molecule has 0 spiro atoms. The number of aromatic hydroxyl groups is 1. The zero-order chi connectivity index (χ0) is 16.1. The van der Waals surface area contributed by atoms with Crippen molar-refractivity contribution in [3.05, 3.63) is 29.5 Å². The fraction of sp³-hybridized carbons (Fsp3) is 0.400. The topological polar surface area (TPSA) is 70.5 Å². The Morgan fingerprint density at radius 2 is 2.14 bits per heavy atom. The molecule has 0 unspecified atom stereocenters. The predicted octanol–water partition coefficient (Wildman–Crippen LogP) is 2.46. The molecule has 0 radical (unpaired) electrons. The normalized spacial score (nSPS) is 21.9. The highest BCUT2D eigenvalue weighted by molar-refractivity contribution is 7.90. The summed E-state index contributed by atoms with van der Waals surface area (Å²) in [6.45, 7) is 2.69. The lowest BCUT2D eigenvalue weighted by Gasteiger charge is -2.48. The van der Waals surface area contributed by atoms with Crippen LogP contribution in [0.25, 0.3) is 10.8 Å². The zero-order valence-corrected chi connectivity index (χ0v) is 13.9. The molecule has 2 atom stereocenters. The number of aromatic nitrogens is 1. The largest absolute Gasteiger partial charge is 0.507 e. The monoisotopic (exact) mass is 340 g/mol. The van der Waals surface area contributed by atoms with E-state index >= 15 is 0 Å². The number of phenolic OH excluding ortho intramolecular Hbond substituents is 1. The van der Waals surface area contributed by atoms with E-state index in [0.717, 1.165) is 11.1 Å². The van der Waals surface area contributed by atoms with Crippen molar-refractivity contribution in [3.63, 3.8) is 0 Å². The van der Waals surface area contributed by atoms with E-state index in [1.54, 1.807) is 18.3 Å². The SMILES string of the molecule is C[C@H]1[C@H](CS(C)(=O)=O)CN1c1ccc(O)c2cc(Cl)ncc12. The van der Waals surface area contributed by atoms with Crippen LogP contribution < -0.4 is 4.90 Å². The number of sulfone groups is 1. The quantitative estimate of drug-likeness (QED) is 0.869. The van der Waals surface area contributed by atoms with Crippen LogP contribution in [0.15, 0.2) is 24.4 Å². The summed E-state index contributed by atoms with van der Waals surface area (Å²) in [5, 5.41) is 11.8. The lowest BCUT2D eigenvalue weighted by Crippen LogP contribution is -2.57. The Balaban J connectivity index is 1.94. The lowest BCUT2D eigenvalue weighted by atomic mass is 9.90. The second-order valence-electron chi connectivity index (χ2n) is 5.90. The van der Waals surface area contributed by atoms with E-state index in [1.165, 1.54) is 6.26 Å². The van der Waals surface area contributed by atoms with Gasteiger partial charge in [0, 0.05) is 47.4 Å². The van der Waals surface area contributed by atoms with E-state index in [9.17, 15) is 13.5 Å². The molecule has 0 saturated carbocycles. The van der Waals surface area contributed by atoms with Crippen molar-refractivity contribution in [2.24, 2.45) is 5.92 Å². The number of pyridine rings is 1. The van der Waals surface area contributed by atoms with Gasteiger partial charge in [-0.25, -0.2) is 13.4 Å². The molecule has 1 aromatic heterocycles. The fourth-order valence-electron chi connectivity index (χ4n) is 3.02. The minimum absolute atomic E-state index is 0.123. The van der Waals surface area contributed by atoms with Crippen molar-refractivity contribution < 1.29 is 13.5 Å². The van der Waals surface area contributed by atoms with Gasteiger partial charge in [-0.15, -0.1) is 0 Å². The van der Waals surface area contributed by atoms with Gasteiger partial charge in [0.25, 0.3) is 0 Å². The van der Waals surface area contributed by atoms with Crippen LogP contribution in [0.4, 0.5) is 5.69 Å². The minimum atomic E-state index is -2.97. The van der Waals surface area contributed by atoms with E-state index in [-0.39, 0.29) is 23.5 Å². The molecule has 0 amide bonds. The first kappa shape index (κ1) is 15.4. The van der Waals surface area contributed by atoms with Crippen molar-refractivity contribution in [1.29, 1.82) is 0 Å². The number of halogens is 1. The van der Waals surface area contributed by atoms with E-state index in [0.29, 0.717) is 17.1 Å². The number of nitrogens with zero attached hydrogens (tertiary/aromatic N) is 2. The van der Waals surface area contributed by atoms with Crippen LogP contribution in [0.5, 0.6) is 5.75 Å². The summed E-state index contributed by atoms with van der Waals surface area (Å²) in [5.74, 6) is 0.480. The molecular weight excluding hydrogens is 324 g/mol. The van der Waals surface area contributed by atoms with Crippen LogP contribution in [0.1, 0.15) is 6.92 Å².